The van der Waals surface area contributed by atoms with Crippen LogP contribution in [-0.4, -0.2) is 26.1 Å². The number of aromatic hydroxyl groups is 2. The molecule has 0 unspecified atom stereocenters. The molecule has 23 heavy (non-hydrogen) atoms. The van der Waals surface area contributed by atoms with Gasteiger partial charge in [0.05, 0.1) is 11.0 Å². The fourth-order valence-corrected chi connectivity index (χ4v) is 1.98. The normalized spacial score (nSPS) is 10.0. The Bertz CT molecular complexity index is 896. The van der Waals surface area contributed by atoms with Gasteiger partial charge in [-0.2, -0.15) is 0 Å². The molecule has 0 fully saturated rings. The van der Waals surface area contributed by atoms with Crippen LogP contribution >= 0.6 is 0 Å². The molecule has 0 saturated carbocycles. The SMILES string of the molecule is CC.O=C(Nc1ccc2[nH]c(=O)[nH]c2c1)c1ccc(O)c(O)c1. The highest BCUT2D eigenvalue weighted by Crippen LogP contribution is 2.25. The number of aromatic amines is 2. The minimum Gasteiger partial charge on any atom is -0.504 e. The Morgan fingerprint density at radius 2 is 1.65 bits per heavy atom. The third kappa shape index (κ3) is 3.52. The van der Waals surface area contributed by atoms with E-state index in [-0.39, 0.29) is 22.8 Å². The zero-order chi connectivity index (χ0) is 17.0. The molecule has 1 heterocycles. The van der Waals surface area contributed by atoms with Gasteiger partial charge in [0.2, 0.25) is 0 Å². The van der Waals surface area contributed by atoms with E-state index in [1.54, 1.807) is 18.2 Å². The summed E-state index contributed by atoms with van der Waals surface area (Å²) in [5, 5.41) is 21.2. The Morgan fingerprint density at radius 1 is 0.957 bits per heavy atom. The van der Waals surface area contributed by atoms with E-state index in [1.165, 1.54) is 18.2 Å². The average Bonchev–Trinajstić information content (AvgIpc) is 2.91. The van der Waals surface area contributed by atoms with Crippen LogP contribution in [0.1, 0.15) is 24.2 Å². The van der Waals surface area contributed by atoms with Crippen LogP contribution in [0.25, 0.3) is 11.0 Å². The molecule has 1 amide bonds. The van der Waals surface area contributed by atoms with Gasteiger partial charge in [0, 0.05) is 11.3 Å². The largest absolute Gasteiger partial charge is 0.504 e. The smallest absolute Gasteiger partial charge is 0.323 e. The number of amides is 1. The van der Waals surface area contributed by atoms with Crippen molar-refractivity contribution in [3.63, 3.8) is 0 Å². The van der Waals surface area contributed by atoms with E-state index < -0.39 is 5.91 Å². The standard InChI is InChI=1S/C14H11N3O4.C2H6/c18-11-4-1-7(5-12(11)19)13(20)15-8-2-3-9-10(6-8)17-14(21)16-9;1-2/h1-6,18-19H,(H,15,20)(H2,16,17,21);1-2H3. The molecular weight excluding hydrogens is 298 g/mol. The minimum atomic E-state index is -0.442. The molecule has 2 aromatic carbocycles. The number of rotatable bonds is 2. The topological polar surface area (TPSA) is 118 Å². The first-order chi connectivity index (χ1) is 11.0. The van der Waals surface area contributed by atoms with Crippen LogP contribution in [0.15, 0.2) is 41.2 Å². The summed E-state index contributed by atoms with van der Waals surface area (Å²) in [4.78, 5) is 28.4. The number of fused-ring (bicyclic) bond motifs is 1. The molecule has 0 bridgehead atoms. The van der Waals surface area contributed by atoms with E-state index >= 15 is 0 Å². The highest BCUT2D eigenvalue weighted by atomic mass is 16.3. The number of carbonyl (C=O) groups is 1. The van der Waals surface area contributed by atoms with E-state index in [4.69, 9.17) is 0 Å². The number of carbonyl (C=O) groups excluding carboxylic acids is 1. The van der Waals surface area contributed by atoms with Crippen LogP contribution in [0.3, 0.4) is 0 Å². The van der Waals surface area contributed by atoms with Gasteiger partial charge in [-0.15, -0.1) is 0 Å². The summed E-state index contributed by atoms with van der Waals surface area (Å²) < 4.78 is 0. The van der Waals surface area contributed by atoms with Gasteiger partial charge in [0.1, 0.15) is 0 Å². The number of phenolic OH excluding ortho intramolecular Hbond substituents is 2. The highest BCUT2D eigenvalue weighted by Gasteiger charge is 2.10. The molecule has 7 heteroatoms. The molecule has 3 rings (SSSR count). The van der Waals surface area contributed by atoms with Gasteiger partial charge in [-0.3, -0.25) is 4.79 Å². The van der Waals surface area contributed by atoms with Crippen LogP contribution in [0.2, 0.25) is 0 Å². The Labute approximate surface area is 131 Å². The number of aromatic nitrogens is 2. The molecule has 7 nitrogen and oxygen atoms in total. The van der Waals surface area contributed by atoms with E-state index in [2.05, 4.69) is 15.3 Å². The molecule has 3 aromatic rings. The molecule has 0 saturated heterocycles. The Kier molecular flexibility index (Phi) is 4.70. The number of imidazole rings is 1. The zero-order valence-electron chi connectivity index (χ0n) is 12.7. The lowest BCUT2D eigenvalue weighted by atomic mass is 10.2. The molecule has 0 aliphatic rings. The van der Waals surface area contributed by atoms with Crippen molar-refractivity contribution in [2.24, 2.45) is 0 Å². The minimum absolute atomic E-state index is 0.202. The fraction of sp³-hybridized carbons (Fsp3) is 0.125. The number of phenols is 2. The number of benzene rings is 2. The van der Waals surface area contributed by atoms with Crippen molar-refractivity contribution in [1.29, 1.82) is 0 Å². The molecule has 120 valence electrons. The van der Waals surface area contributed by atoms with E-state index in [0.29, 0.717) is 16.7 Å². The van der Waals surface area contributed by atoms with Crippen molar-refractivity contribution in [1.82, 2.24) is 9.97 Å². The van der Waals surface area contributed by atoms with Crippen molar-refractivity contribution in [2.75, 3.05) is 5.32 Å². The maximum absolute atomic E-state index is 12.0. The lowest BCUT2D eigenvalue weighted by molar-refractivity contribution is 0.102. The van der Waals surface area contributed by atoms with Gasteiger partial charge < -0.3 is 25.5 Å². The predicted octanol–water partition coefficient (Wildman–Crippen LogP) is 2.55. The molecule has 1 aromatic heterocycles. The summed E-state index contributed by atoms with van der Waals surface area (Å²) in [5.41, 5.74) is 1.59. The van der Waals surface area contributed by atoms with Crippen molar-refractivity contribution >= 4 is 22.6 Å². The van der Waals surface area contributed by atoms with Crippen molar-refractivity contribution in [2.45, 2.75) is 13.8 Å². The summed E-state index contributed by atoms with van der Waals surface area (Å²) >= 11 is 0. The quantitative estimate of drug-likeness (QED) is 0.467. The summed E-state index contributed by atoms with van der Waals surface area (Å²) in [7, 11) is 0. The lowest BCUT2D eigenvalue weighted by Gasteiger charge is -2.06. The second-order valence-corrected chi connectivity index (χ2v) is 4.50. The molecule has 0 aliphatic heterocycles. The van der Waals surface area contributed by atoms with Crippen LogP contribution in [0.5, 0.6) is 11.5 Å². The molecule has 0 atom stereocenters. The Hall–Kier alpha value is -3.22. The summed E-state index contributed by atoms with van der Waals surface area (Å²) in [6.07, 6.45) is 0. The number of hydrogen-bond acceptors (Lipinski definition) is 4. The van der Waals surface area contributed by atoms with Crippen LogP contribution in [0.4, 0.5) is 5.69 Å². The first-order valence-corrected chi connectivity index (χ1v) is 7.08. The maximum atomic E-state index is 12.0. The average molecular weight is 315 g/mol. The monoisotopic (exact) mass is 315 g/mol. The van der Waals surface area contributed by atoms with Crippen molar-refractivity contribution < 1.29 is 15.0 Å². The number of H-pyrrole nitrogens is 2. The third-order valence-corrected chi connectivity index (χ3v) is 3.01. The molecule has 0 spiro atoms. The van der Waals surface area contributed by atoms with Gasteiger partial charge in [0.25, 0.3) is 5.91 Å². The van der Waals surface area contributed by atoms with Crippen LogP contribution < -0.4 is 11.0 Å². The molecule has 0 radical (unpaired) electrons. The summed E-state index contributed by atoms with van der Waals surface area (Å²) in [5.74, 6) is -1.10. The van der Waals surface area contributed by atoms with Crippen LogP contribution in [0, 0.1) is 0 Å². The van der Waals surface area contributed by atoms with Crippen molar-refractivity contribution in [3.8, 4) is 11.5 Å². The first-order valence-electron chi connectivity index (χ1n) is 7.08. The fourth-order valence-electron chi connectivity index (χ4n) is 1.98. The van der Waals surface area contributed by atoms with E-state index in [9.17, 15) is 19.8 Å². The Morgan fingerprint density at radius 3 is 2.35 bits per heavy atom. The van der Waals surface area contributed by atoms with Gasteiger partial charge in [-0.25, -0.2) is 4.79 Å². The summed E-state index contributed by atoms with van der Waals surface area (Å²) in [6.45, 7) is 4.00. The second kappa shape index (κ2) is 6.69. The zero-order valence-corrected chi connectivity index (χ0v) is 12.7. The second-order valence-electron chi connectivity index (χ2n) is 4.50. The number of anilines is 1. The molecular formula is C16H17N3O4. The van der Waals surface area contributed by atoms with E-state index in [0.717, 1.165) is 0 Å². The maximum Gasteiger partial charge on any atom is 0.323 e. The van der Waals surface area contributed by atoms with Gasteiger partial charge in [-0.05, 0) is 36.4 Å². The Balaban J connectivity index is 0.000000924. The highest BCUT2D eigenvalue weighted by molar-refractivity contribution is 6.05. The lowest BCUT2D eigenvalue weighted by Crippen LogP contribution is -2.11. The number of hydrogen-bond donors (Lipinski definition) is 5. The van der Waals surface area contributed by atoms with Gasteiger partial charge >= 0.3 is 5.69 Å². The predicted molar refractivity (Wildman–Crippen MR) is 88.0 cm³/mol. The van der Waals surface area contributed by atoms with Gasteiger partial charge in [-0.1, -0.05) is 13.8 Å². The van der Waals surface area contributed by atoms with Crippen molar-refractivity contribution in [3.05, 3.63) is 52.4 Å². The molecule has 0 aliphatic carbocycles. The van der Waals surface area contributed by atoms with E-state index in [1.807, 2.05) is 13.8 Å². The van der Waals surface area contributed by atoms with Gasteiger partial charge in [0.15, 0.2) is 11.5 Å². The molecule has 5 N–H and O–H groups in total. The first kappa shape index (κ1) is 16.2. The third-order valence-electron chi connectivity index (χ3n) is 3.01. The number of nitrogens with one attached hydrogen (secondary N) is 3. The van der Waals surface area contributed by atoms with Crippen LogP contribution in [-0.2, 0) is 0 Å². The summed E-state index contributed by atoms with van der Waals surface area (Å²) in [6, 6.07) is 8.71.